The van der Waals surface area contributed by atoms with E-state index in [-0.39, 0.29) is 12.8 Å². The van der Waals surface area contributed by atoms with Crippen molar-refractivity contribution in [3.05, 3.63) is 48.6 Å². The molecule has 1 saturated carbocycles. The van der Waals surface area contributed by atoms with Crippen molar-refractivity contribution in [3.8, 4) is 0 Å². The standard InChI is InChI=1S/C45H80O16P2/c1-3-5-7-9-11-13-15-17-18-19-20-22-23-25-27-29-31-33-38(46)57-35-37(59-39(47)34-32-30-28-26-24-21-16-14-12-10-8-6-4-2)36-58-63(55,56)61-45-42(50)40(48)41(49)44(43(45)51)60-62(52,53)54/h11,13,17-18,20,22,25,27,37,40-45,48-51H,3-10,12,14-16,19,21,23-24,26,28-36H2,1-2H3,(H,55,56)(H2,52,53,54)/t37-,40?,41?,42?,43?,44-,45+/m1/s1. The van der Waals surface area contributed by atoms with Gasteiger partial charge in [0.05, 0.1) is 6.61 Å². The average Bonchev–Trinajstić information content (AvgIpc) is 3.23. The van der Waals surface area contributed by atoms with Crippen LogP contribution >= 0.6 is 15.6 Å². The number of ether oxygens (including phenoxy) is 2. The van der Waals surface area contributed by atoms with Gasteiger partial charge in [0.15, 0.2) is 6.10 Å². The van der Waals surface area contributed by atoms with Crippen molar-refractivity contribution in [3.63, 3.8) is 0 Å². The molecule has 1 aliphatic carbocycles. The third kappa shape index (κ3) is 30.7. The molecule has 0 bridgehead atoms. The van der Waals surface area contributed by atoms with Crippen molar-refractivity contribution in [2.45, 2.75) is 211 Å². The van der Waals surface area contributed by atoms with Crippen molar-refractivity contribution in [2.75, 3.05) is 13.2 Å². The molecule has 0 spiro atoms. The second-order valence-electron chi connectivity index (χ2n) is 16.1. The molecule has 16 nitrogen and oxygen atoms in total. The first-order valence-electron chi connectivity index (χ1n) is 23.2. The Balaban J connectivity index is 2.64. The molecule has 7 N–H and O–H groups in total. The van der Waals surface area contributed by atoms with Crippen LogP contribution in [0, 0.1) is 0 Å². The lowest BCUT2D eigenvalue weighted by Gasteiger charge is -2.43. The normalized spacial score (nSPS) is 22.4. The molecule has 1 aliphatic rings. The third-order valence-corrected chi connectivity index (χ3v) is 11.9. The molecule has 0 aromatic carbocycles. The molecular weight excluding hydrogens is 858 g/mol. The summed E-state index contributed by atoms with van der Waals surface area (Å²) in [6.45, 7) is 3.02. The zero-order valence-electron chi connectivity index (χ0n) is 37.7. The Labute approximate surface area is 376 Å². The average molecular weight is 939 g/mol. The SMILES string of the molecule is CCCCCC=CCC=CCC=CCC=CCCCC(=O)OC[C@H](COP(=O)(O)O[C@H]1C(O)C(O)C(O)[C@@H](OP(=O)(O)O)C1O)OC(=O)CCCCCCCCCCCCCCC. The number of esters is 2. The fraction of sp³-hybridized carbons (Fsp3) is 0.778. The monoisotopic (exact) mass is 938 g/mol. The largest absolute Gasteiger partial charge is 0.472 e. The van der Waals surface area contributed by atoms with E-state index in [0.717, 1.165) is 51.4 Å². The van der Waals surface area contributed by atoms with Gasteiger partial charge >= 0.3 is 27.6 Å². The lowest BCUT2D eigenvalue weighted by atomic mass is 9.85. The maximum absolute atomic E-state index is 13.0. The van der Waals surface area contributed by atoms with Crippen molar-refractivity contribution in [1.82, 2.24) is 0 Å². The van der Waals surface area contributed by atoms with Crippen LogP contribution in [0.1, 0.15) is 168 Å². The van der Waals surface area contributed by atoms with Crippen LogP contribution in [0.2, 0.25) is 0 Å². The molecule has 0 radical (unpaired) electrons. The first kappa shape index (κ1) is 59.0. The second-order valence-corrected chi connectivity index (χ2v) is 18.7. The van der Waals surface area contributed by atoms with E-state index in [4.69, 9.17) is 28.3 Å². The van der Waals surface area contributed by atoms with E-state index >= 15 is 0 Å². The molecule has 1 rings (SSSR count). The summed E-state index contributed by atoms with van der Waals surface area (Å²) in [7, 11) is -10.7. The number of aliphatic hydroxyl groups excluding tert-OH is 4. The highest BCUT2D eigenvalue weighted by Gasteiger charge is 2.54. The minimum Gasteiger partial charge on any atom is -0.462 e. The van der Waals surface area contributed by atoms with Crippen LogP contribution in [-0.4, -0.2) is 103 Å². The van der Waals surface area contributed by atoms with Gasteiger partial charge in [-0.2, -0.15) is 0 Å². The van der Waals surface area contributed by atoms with Gasteiger partial charge in [0, 0.05) is 12.8 Å². The van der Waals surface area contributed by atoms with Crippen molar-refractivity contribution in [1.29, 1.82) is 0 Å². The Morgan fingerprint density at radius 1 is 0.508 bits per heavy atom. The zero-order valence-corrected chi connectivity index (χ0v) is 39.5. The van der Waals surface area contributed by atoms with Gasteiger partial charge in [-0.1, -0.05) is 152 Å². The minimum absolute atomic E-state index is 0.0339. The fourth-order valence-corrected chi connectivity index (χ4v) is 8.32. The molecule has 5 unspecified atom stereocenters. The molecule has 1 fully saturated rings. The summed E-state index contributed by atoms with van der Waals surface area (Å²) in [5.74, 6) is -1.27. The summed E-state index contributed by atoms with van der Waals surface area (Å²) >= 11 is 0. The van der Waals surface area contributed by atoms with Gasteiger partial charge in [0.25, 0.3) is 0 Å². The molecule has 0 saturated heterocycles. The summed E-state index contributed by atoms with van der Waals surface area (Å²) in [6, 6.07) is 0. The summed E-state index contributed by atoms with van der Waals surface area (Å²) in [4.78, 5) is 54.2. The number of aliphatic hydroxyl groups is 4. The van der Waals surface area contributed by atoms with E-state index < -0.39 is 83.5 Å². The smallest absolute Gasteiger partial charge is 0.462 e. The summed E-state index contributed by atoms with van der Waals surface area (Å²) in [5, 5.41) is 41.2. The van der Waals surface area contributed by atoms with E-state index in [0.29, 0.717) is 19.3 Å². The molecule has 0 aliphatic heterocycles. The Kier molecular flexibility index (Phi) is 33.8. The zero-order chi connectivity index (χ0) is 46.8. The fourth-order valence-electron chi connectivity index (χ4n) is 6.78. The topological polar surface area (TPSA) is 256 Å². The molecule has 0 heterocycles. The Bertz CT molecular complexity index is 1420. The van der Waals surface area contributed by atoms with Gasteiger partial charge in [-0.25, -0.2) is 9.13 Å². The third-order valence-electron chi connectivity index (χ3n) is 10.4. The summed E-state index contributed by atoms with van der Waals surface area (Å²) in [6.07, 6.45) is 25.1. The van der Waals surface area contributed by atoms with Crippen molar-refractivity contribution >= 4 is 27.6 Å². The van der Waals surface area contributed by atoms with E-state index in [1.165, 1.54) is 70.6 Å². The Hall–Kier alpha value is -2.04. The predicted octanol–water partition coefficient (Wildman–Crippen LogP) is 8.51. The van der Waals surface area contributed by atoms with Gasteiger partial charge in [-0.05, 0) is 51.4 Å². The van der Waals surface area contributed by atoms with Gasteiger partial charge < -0.3 is 44.6 Å². The number of unbranched alkanes of at least 4 members (excludes halogenated alkanes) is 16. The quantitative estimate of drug-likeness (QED) is 0.0132. The van der Waals surface area contributed by atoms with Gasteiger partial charge in [-0.3, -0.25) is 23.2 Å². The number of rotatable bonds is 38. The number of phosphoric ester groups is 2. The molecule has 8 atom stereocenters. The molecule has 0 amide bonds. The number of hydrogen-bond donors (Lipinski definition) is 7. The number of carbonyl (C=O) groups excluding carboxylic acids is 2. The van der Waals surface area contributed by atoms with Crippen LogP contribution in [0.25, 0.3) is 0 Å². The van der Waals surface area contributed by atoms with Crippen molar-refractivity contribution in [2.24, 2.45) is 0 Å². The number of hydrogen-bond acceptors (Lipinski definition) is 13. The highest BCUT2D eigenvalue weighted by atomic mass is 31.2. The molecular formula is C45H80O16P2. The van der Waals surface area contributed by atoms with E-state index in [2.05, 4.69) is 54.8 Å². The first-order valence-corrected chi connectivity index (χ1v) is 26.2. The first-order chi connectivity index (χ1) is 30.1. The van der Waals surface area contributed by atoms with E-state index in [1.807, 2.05) is 12.2 Å². The molecule has 0 aromatic rings. The van der Waals surface area contributed by atoms with Crippen LogP contribution in [0.4, 0.5) is 0 Å². The highest BCUT2D eigenvalue weighted by molar-refractivity contribution is 7.47. The van der Waals surface area contributed by atoms with Gasteiger partial charge in [-0.15, -0.1) is 0 Å². The summed E-state index contributed by atoms with van der Waals surface area (Å²) < 4.78 is 49.3. The maximum atomic E-state index is 13.0. The molecule has 366 valence electrons. The lowest BCUT2D eigenvalue weighted by molar-refractivity contribution is -0.216. The van der Waals surface area contributed by atoms with Crippen LogP contribution in [0.15, 0.2) is 48.6 Å². The maximum Gasteiger partial charge on any atom is 0.472 e. The molecule has 0 aromatic heterocycles. The number of phosphoric acid groups is 2. The Morgan fingerprint density at radius 2 is 0.937 bits per heavy atom. The summed E-state index contributed by atoms with van der Waals surface area (Å²) in [5.41, 5.74) is 0. The number of carbonyl (C=O) groups is 2. The molecule has 63 heavy (non-hydrogen) atoms. The van der Waals surface area contributed by atoms with Crippen LogP contribution in [0.5, 0.6) is 0 Å². The minimum atomic E-state index is -5.37. The lowest BCUT2D eigenvalue weighted by Crippen LogP contribution is -2.64. The Morgan fingerprint density at radius 3 is 1.44 bits per heavy atom. The number of allylic oxidation sites excluding steroid dienone is 8. The van der Waals surface area contributed by atoms with E-state index in [1.54, 1.807) is 0 Å². The van der Waals surface area contributed by atoms with Crippen molar-refractivity contribution < 1.29 is 76.9 Å². The van der Waals surface area contributed by atoms with Crippen LogP contribution in [0.3, 0.4) is 0 Å². The molecule has 18 heteroatoms. The van der Waals surface area contributed by atoms with Gasteiger partial charge in [0.2, 0.25) is 0 Å². The van der Waals surface area contributed by atoms with Crippen LogP contribution < -0.4 is 0 Å². The van der Waals surface area contributed by atoms with Gasteiger partial charge in [0.1, 0.15) is 43.2 Å². The second kappa shape index (κ2) is 36.1. The predicted molar refractivity (Wildman–Crippen MR) is 241 cm³/mol. The van der Waals surface area contributed by atoms with Crippen LogP contribution in [-0.2, 0) is 41.8 Å². The van der Waals surface area contributed by atoms with E-state index in [9.17, 15) is 44.0 Å². The highest BCUT2D eigenvalue weighted by Crippen LogP contribution is 2.49.